The van der Waals surface area contributed by atoms with Gasteiger partial charge in [-0.25, -0.2) is 4.79 Å². The molecular weight excluding hydrogens is 268 g/mol. The van der Waals surface area contributed by atoms with Crippen LogP contribution in [0.5, 0.6) is 5.75 Å². The first-order valence-electron chi connectivity index (χ1n) is 4.88. The van der Waals surface area contributed by atoms with Crippen LogP contribution in [0, 0.1) is 17.0 Å². The van der Waals surface area contributed by atoms with Gasteiger partial charge in [-0.15, -0.1) is 0 Å². The number of aliphatic hydroxyl groups excluding tert-OH is 1. The monoisotopic (exact) mass is 277 g/mol. The number of aliphatic hydroxyl groups is 1. The summed E-state index contributed by atoms with van der Waals surface area (Å²) in [5.74, 6) is -2.18. The molecule has 0 bridgehead atoms. The van der Waals surface area contributed by atoms with E-state index in [4.69, 9.17) is 5.11 Å². The highest BCUT2D eigenvalue weighted by atomic mass is 19.3. The molecule has 0 amide bonds. The number of aliphatic carboxylic acids is 1. The second-order valence-electron chi connectivity index (χ2n) is 3.55. The number of carboxylic acids is 1. The van der Waals surface area contributed by atoms with Crippen LogP contribution in [0.3, 0.4) is 0 Å². The quantitative estimate of drug-likeness (QED) is 0.625. The SMILES string of the molecule is Cc1cc([N+](=O)[O-])c(C(O)C(=O)O)cc1OC(F)F. The molecule has 0 saturated heterocycles. The smallest absolute Gasteiger partial charge is 0.387 e. The van der Waals surface area contributed by atoms with E-state index in [0.717, 1.165) is 12.1 Å². The molecule has 19 heavy (non-hydrogen) atoms. The number of nitro groups is 1. The third-order valence-electron chi connectivity index (χ3n) is 2.27. The highest BCUT2D eigenvalue weighted by Gasteiger charge is 2.28. The Hall–Kier alpha value is -2.29. The Morgan fingerprint density at radius 2 is 2.05 bits per heavy atom. The Morgan fingerprint density at radius 3 is 2.47 bits per heavy atom. The van der Waals surface area contributed by atoms with Gasteiger partial charge in [0.2, 0.25) is 0 Å². The lowest BCUT2D eigenvalue weighted by Gasteiger charge is -2.12. The molecule has 1 unspecified atom stereocenters. The molecule has 0 fully saturated rings. The maximum absolute atomic E-state index is 12.1. The maximum atomic E-state index is 12.1. The second-order valence-corrected chi connectivity index (χ2v) is 3.55. The lowest BCUT2D eigenvalue weighted by Crippen LogP contribution is -2.13. The largest absolute Gasteiger partial charge is 0.479 e. The fourth-order valence-electron chi connectivity index (χ4n) is 1.42. The number of carboxylic acid groups (broad SMARTS) is 1. The Balaban J connectivity index is 3.39. The van der Waals surface area contributed by atoms with Crippen molar-refractivity contribution in [3.05, 3.63) is 33.4 Å². The van der Waals surface area contributed by atoms with Gasteiger partial charge in [0, 0.05) is 6.07 Å². The van der Waals surface area contributed by atoms with Crippen LogP contribution in [0.1, 0.15) is 17.2 Å². The van der Waals surface area contributed by atoms with Crippen molar-refractivity contribution >= 4 is 11.7 Å². The van der Waals surface area contributed by atoms with E-state index in [1.165, 1.54) is 6.92 Å². The van der Waals surface area contributed by atoms with Gasteiger partial charge in [0.1, 0.15) is 5.75 Å². The molecule has 0 aliphatic rings. The molecule has 0 aliphatic heterocycles. The predicted octanol–water partition coefficient (Wildman–Crippen LogP) is 1.62. The number of hydrogen-bond acceptors (Lipinski definition) is 5. The number of rotatable bonds is 5. The van der Waals surface area contributed by atoms with Crippen LogP contribution in [-0.4, -0.2) is 27.7 Å². The minimum Gasteiger partial charge on any atom is -0.479 e. The van der Waals surface area contributed by atoms with E-state index in [1.54, 1.807) is 0 Å². The molecule has 0 aromatic heterocycles. The van der Waals surface area contributed by atoms with Gasteiger partial charge in [0.05, 0.1) is 10.5 Å². The molecule has 0 saturated carbocycles. The Kier molecular flexibility index (Phi) is 4.33. The Bertz CT molecular complexity index is 519. The summed E-state index contributed by atoms with van der Waals surface area (Å²) in [6.45, 7) is -1.89. The van der Waals surface area contributed by atoms with Crippen LogP contribution >= 0.6 is 0 Å². The molecule has 2 N–H and O–H groups in total. The number of carbonyl (C=O) groups is 1. The van der Waals surface area contributed by atoms with E-state index >= 15 is 0 Å². The molecule has 1 rings (SSSR count). The molecule has 9 heteroatoms. The minimum absolute atomic E-state index is 0.0216. The van der Waals surface area contributed by atoms with E-state index in [1.807, 2.05) is 0 Å². The minimum atomic E-state index is -3.17. The number of nitrogens with zero attached hydrogens (tertiary/aromatic N) is 1. The third kappa shape index (κ3) is 3.35. The van der Waals surface area contributed by atoms with Gasteiger partial charge in [0.25, 0.3) is 5.69 Å². The first-order valence-corrected chi connectivity index (χ1v) is 4.88. The van der Waals surface area contributed by atoms with Crippen LogP contribution in [-0.2, 0) is 4.79 Å². The number of nitro benzene ring substituents is 1. The van der Waals surface area contributed by atoms with E-state index in [0.29, 0.717) is 0 Å². The zero-order valence-corrected chi connectivity index (χ0v) is 9.54. The second kappa shape index (κ2) is 5.57. The predicted molar refractivity (Wildman–Crippen MR) is 57.1 cm³/mol. The zero-order chi connectivity index (χ0) is 14.7. The zero-order valence-electron chi connectivity index (χ0n) is 9.54. The van der Waals surface area contributed by atoms with Crippen LogP contribution in [0.15, 0.2) is 12.1 Å². The summed E-state index contributed by atoms with van der Waals surface area (Å²) in [5, 5.41) is 28.7. The van der Waals surface area contributed by atoms with Gasteiger partial charge in [-0.1, -0.05) is 0 Å². The van der Waals surface area contributed by atoms with E-state index in [9.17, 15) is 28.8 Å². The first-order chi connectivity index (χ1) is 8.73. The van der Waals surface area contributed by atoms with Gasteiger partial charge >= 0.3 is 12.6 Å². The summed E-state index contributed by atoms with van der Waals surface area (Å²) in [6.07, 6.45) is -2.21. The number of benzene rings is 1. The van der Waals surface area contributed by atoms with Crippen molar-refractivity contribution in [1.29, 1.82) is 0 Å². The highest BCUT2D eigenvalue weighted by Crippen LogP contribution is 2.33. The molecule has 1 aromatic carbocycles. The van der Waals surface area contributed by atoms with Gasteiger partial charge in [-0.05, 0) is 18.6 Å². The van der Waals surface area contributed by atoms with Crippen LogP contribution in [0.25, 0.3) is 0 Å². The lowest BCUT2D eigenvalue weighted by molar-refractivity contribution is -0.386. The van der Waals surface area contributed by atoms with Gasteiger partial charge in [-0.3, -0.25) is 10.1 Å². The summed E-state index contributed by atoms with van der Waals surface area (Å²) in [5.41, 5.74) is -1.29. The number of aryl methyl sites for hydroxylation is 1. The van der Waals surface area contributed by atoms with Gasteiger partial charge in [-0.2, -0.15) is 8.78 Å². The fraction of sp³-hybridized carbons (Fsp3) is 0.300. The average Bonchev–Trinajstić information content (AvgIpc) is 2.29. The standard InChI is InChI=1S/C10H9F2NO6/c1-4-2-6(13(17)18)5(8(14)9(15)16)3-7(4)19-10(11)12/h2-3,8,10,14H,1H3,(H,15,16). The van der Waals surface area contributed by atoms with E-state index in [-0.39, 0.29) is 5.56 Å². The molecule has 0 radical (unpaired) electrons. The third-order valence-corrected chi connectivity index (χ3v) is 2.27. The van der Waals surface area contributed by atoms with E-state index < -0.39 is 40.6 Å². The lowest BCUT2D eigenvalue weighted by atomic mass is 10.0. The molecule has 0 heterocycles. The molecular formula is C10H9F2NO6. The van der Waals surface area contributed by atoms with Crippen molar-refractivity contribution in [2.45, 2.75) is 19.6 Å². The summed E-state index contributed by atoms with van der Waals surface area (Å²) >= 11 is 0. The van der Waals surface area contributed by atoms with Crippen molar-refractivity contribution in [2.75, 3.05) is 0 Å². The van der Waals surface area contributed by atoms with Crippen LogP contribution in [0.2, 0.25) is 0 Å². The van der Waals surface area contributed by atoms with Crippen LogP contribution < -0.4 is 4.74 Å². The maximum Gasteiger partial charge on any atom is 0.387 e. The summed E-state index contributed by atoms with van der Waals surface area (Å²) < 4.78 is 28.3. The average molecular weight is 277 g/mol. The van der Waals surface area contributed by atoms with Crippen molar-refractivity contribution in [1.82, 2.24) is 0 Å². The Labute approximate surface area is 105 Å². The topological polar surface area (TPSA) is 110 Å². The van der Waals surface area contributed by atoms with Crippen molar-refractivity contribution in [3.8, 4) is 5.75 Å². The number of halogens is 2. The van der Waals surface area contributed by atoms with Gasteiger partial charge in [0.15, 0.2) is 6.10 Å². The number of alkyl halides is 2. The molecule has 1 aromatic rings. The molecule has 0 spiro atoms. The highest BCUT2D eigenvalue weighted by molar-refractivity contribution is 5.76. The summed E-state index contributed by atoms with van der Waals surface area (Å²) in [6, 6.07) is 1.58. The normalized spacial score (nSPS) is 12.3. The van der Waals surface area contributed by atoms with Crippen molar-refractivity contribution < 1.29 is 33.4 Å². The number of hydrogen-bond donors (Lipinski definition) is 2. The van der Waals surface area contributed by atoms with Gasteiger partial charge < -0.3 is 14.9 Å². The summed E-state index contributed by atoms with van der Waals surface area (Å²) in [7, 11) is 0. The fourth-order valence-corrected chi connectivity index (χ4v) is 1.42. The number of ether oxygens (including phenoxy) is 1. The first kappa shape index (κ1) is 14.8. The Morgan fingerprint density at radius 1 is 1.47 bits per heavy atom. The van der Waals surface area contributed by atoms with Crippen LogP contribution in [0.4, 0.5) is 14.5 Å². The molecule has 104 valence electrons. The molecule has 1 atom stereocenters. The van der Waals surface area contributed by atoms with Crippen molar-refractivity contribution in [3.63, 3.8) is 0 Å². The van der Waals surface area contributed by atoms with Crippen molar-refractivity contribution in [2.24, 2.45) is 0 Å². The van der Waals surface area contributed by atoms with E-state index in [2.05, 4.69) is 4.74 Å². The molecule has 7 nitrogen and oxygen atoms in total. The summed E-state index contributed by atoms with van der Waals surface area (Å²) in [4.78, 5) is 20.5. The molecule has 0 aliphatic carbocycles.